The molecule has 2 fully saturated rings. The molecule has 0 radical (unpaired) electrons. The Balaban J connectivity index is 1.32. The number of para-hydroxylation sites is 2. The van der Waals surface area contributed by atoms with Crippen LogP contribution in [0.15, 0.2) is 59.0 Å². The van der Waals surface area contributed by atoms with E-state index in [2.05, 4.69) is 4.98 Å². The van der Waals surface area contributed by atoms with Crippen molar-refractivity contribution in [2.45, 2.75) is 44.1 Å². The number of benzene rings is 2. The van der Waals surface area contributed by atoms with Crippen LogP contribution >= 0.6 is 0 Å². The molecular formula is C25H27N3O3. The lowest BCUT2D eigenvalue weighted by molar-refractivity contribution is -0.148. The molecule has 1 atom stereocenters. The average Bonchev–Trinajstić information content (AvgIpc) is 3.26. The van der Waals surface area contributed by atoms with Crippen LogP contribution in [-0.2, 0) is 9.59 Å². The first-order valence-corrected chi connectivity index (χ1v) is 11.2. The summed E-state index contributed by atoms with van der Waals surface area (Å²) in [6.07, 6.45) is 4.00. The third-order valence-corrected chi connectivity index (χ3v) is 6.49. The second-order valence-electron chi connectivity index (χ2n) is 8.48. The number of fused-ring (bicyclic) bond motifs is 1. The Kier molecular flexibility index (Phi) is 5.45. The van der Waals surface area contributed by atoms with Crippen LogP contribution < -0.4 is 0 Å². The van der Waals surface area contributed by atoms with Crippen molar-refractivity contribution in [1.29, 1.82) is 0 Å². The van der Waals surface area contributed by atoms with Gasteiger partial charge in [-0.05, 0) is 43.4 Å². The molecule has 160 valence electrons. The summed E-state index contributed by atoms with van der Waals surface area (Å²) in [6, 6.07) is 17.0. The van der Waals surface area contributed by atoms with E-state index >= 15 is 0 Å². The lowest BCUT2D eigenvalue weighted by atomic mass is 9.94. The van der Waals surface area contributed by atoms with Crippen LogP contribution in [-0.4, -0.2) is 46.2 Å². The molecule has 5 rings (SSSR count). The molecule has 6 heteroatoms. The van der Waals surface area contributed by atoms with Crippen molar-refractivity contribution in [2.24, 2.45) is 0 Å². The monoisotopic (exact) mass is 417 g/mol. The average molecular weight is 418 g/mol. The van der Waals surface area contributed by atoms with Crippen molar-refractivity contribution < 1.29 is 14.0 Å². The normalized spacial score (nSPS) is 19.0. The van der Waals surface area contributed by atoms with Gasteiger partial charge in [-0.25, -0.2) is 4.98 Å². The van der Waals surface area contributed by atoms with Gasteiger partial charge in [-0.1, -0.05) is 42.5 Å². The van der Waals surface area contributed by atoms with E-state index < -0.39 is 6.04 Å². The Bertz CT molecular complexity index is 1040. The molecule has 1 unspecified atom stereocenters. The fraction of sp³-hybridized carbons (Fsp3) is 0.400. The highest BCUT2D eigenvalue weighted by Gasteiger charge is 2.37. The highest BCUT2D eigenvalue weighted by atomic mass is 16.3. The third-order valence-electron chi connectivity index (χ3n) is 6.49. The minimum Gasteiger partial charge on any atom is -0.440 e. The fourth-order valence-corrected chi connectivity index (χ4v) is 4.78. The number of piperidine rings is 2. The fourth-order valence-electron chi connectivity index (χ4n) is 4.78. The zero-order chi connectivity index (χ0) is 21.2. The molecule has 2 aliphatic rings. The van der Waals surface area contributed by atoms with Gasteiger partial charge in [0.05, 0.1) is 0 Å². The minimum atomic E-state index is -0.533. The SMILES string of the molecule is O=C(C(c1ccccc1)N1CCCCC1=O)N1CCC(c2nc3ccccc3o2)CC1. The molecule has 2 saturated heterocycles. The highest BCUT2D eigenvalue weighted by Crippen LogP contribution is 2.33. The number of oxazole rings is 1. The summed E-state index contributed by atoms with van der Waals surface area (Å²) < 4.78 is 5.96. The summed E-state index contributed by atoms with van der Waals surface area (Å²) in [6.45, 7) is 1.94. The first-order valence-electron chi connectivity index (χ1n) is 11.2. The van der Waals surface area contributed by atoms with E-state index in [1.165, 1.54) is 0 Å². The zero-order valence-corrected chi connectivity index (χ0v) is 17.6. The Morgan fingerprint density at radius 2 is 1.71 bits per heavy atom. The van der Waals surface area contributed by atoms with Crippen LogP contribution in [0.1, 0.15) is 55.5 Å². The molecule has 6 nitrogen and oxygen atoms in total. The van der Waals surface area contributed by atoms with Crippen molar-refractivity contribution in [1.82, 2.24) is 14.8 Å². The largest absolute Gasteiger partial charge is 0.440 e. The molecule has 2 amide bonds. The predicted molar refractivity (Wildman–Crippen MR) is 117 cm³/mol. The topological polar surface area (TPSA) is 66.7 Å². The van der Waals surface area contributed by atoms with E-state index in [9.17, 15) is 9.59 Å². The summed E-state index contributed by atoms with van der Waals surface area (Å²) in [5.74, 6) is 1.08. The number of amides is 2. The van der Waals surface area contributed by atoms with Gasteiger partial charge in [0, 0.05) is 32.0 Å². The first-order chi connectivity index (χ1) is 15.2. The van der Waals surface area contributed by atoms with Gasteiger partial charge < -0.3 is 14.2 Å². The summed E-state index contributed by atoms with van der Waals surface area (Å²) in [5, 5.41) is 0. The molecule has 31 heavy (non-hydrogen) atoms. The van der Waals surface area contributed by atoms with Crippen LogP contribution in [0.2, 0.25) is 0 Å². The second kappa shape index (κ2) is 8.53. The molecule has 0 aliphatic carbocycles. The van der Waals surface area contributed by atoms with Gasteiger partial charge in [-0.2, -0.15) is 0 Å². The summed E-state index contributed by atoms with van der Waals surface area (Å²) in [7, 11) is 0. The van der Waals surface area contributed by atoms with Gasteiger partial charge in [0.15, 0.2) is 11.5 Å². The lowest BCUT2D eigenvalue weighted by Gasteiger charge is -2.39. The number of hydrogen-bond donors (Lipinski definition) is 0. The van der Waals surface area contributed by atoms with Crippen molar-refractivity contribution in [3.63, 3.8) is 0 Å². The maximum absolute atomic E-state index is 13.6. The van der Waals surface area contributed by atoms with Crippen LogP contribution in [0.25, 0.3) is 11.1 Å². The number of carbonyl (C=O) groups is 2. The molecule has 2 aromatic carbocycles. The van der Waals surface area contributed by atoms with E-state index in [1.54, 1.807) is 4.90 Å². The third kappa shape index (κ3) is 3.94. The number of likely N-dealkylation sites (tertiary alicyclic amines) is 2. The Labute approximate surface area is 181 Å². The number of carbonyl (C=O) groups excluding carboxylic acids is 2. The number of hydrogen-bond acceptors (Lipinski definition) is 4. The first kappa shape index (κ1) is 19.8. The number of rotatable bonds is 4. The van der Waals surface area contributed by atoms with Crippen LogP contribution in [0, 0.1) is 0 Å². The van der Waals surface area contributed by atoms with Crippen molar-refractivity contribution in [3.8, 4) is 0 Å². The Morgan fingerprint density at radius 3 is 2.45 bits per heavy atom. The van der Waals surface area contributed by atoms with E-state index in [4.69, 9.17) is 4.42 Å². The summed E-state index contributed by atoms with van der Waals surface area (Å²) in [5.41, 5.74) is 2.58. The van der Waals surface area contributed by atoms with Gasteiger partial charge in [-0.3, -0.25) is 9.59 Å². The number of nitrogens with zero attached hydrogens (tertiary/aromatic N) is 3. The summed E-state index contributed by atoms with van der Waals surface area (Å²) >= 11 is 0. The summed E-state index contributed by atoms with van der Waals surface area (Å²) in [4.78, 5) is 34.6. The van der Waals surface area contributed by atoms with Gasteiger partial charge in [0.25, 0.3) is 0 Å². The minimum absolute atomic E-state index is 0.0254. The molecule has 1 aromatic heterocycles. The zero-order valence-electron chi connectivity index (χ0n) is 17.6. The van der Waals surface area contributed by atoms with Crippen LogP contribution in [0.3, 0.4) is 0 Å². The van der Waals surface area contributed by atoms with Crippen molar-refractivity contribution >= 4 is 22.9 Å². The molecule has 3 aromatic rings. The Hall–Kier alpha value is -3.15. The standard InChI is InChI=1S/C25H27N3O3/c29-22-12-6-7-15-28(22)23(18-8-2-1-3-9-18)25(30)27-16-13-19(14-17-27)24-26-20-10-4-5-11-21(20)31-24/h1-5,8-11,19,23H,6-7,12-17H2. The highest BCUT2D eigenvalue weighted by molar-refractivity contribution is 5.89. The van der Waals surface area contributed by atoms with Crippen molar-refractivity contribution in [3.05, 3.63) is 66.1 Å². The van der Waals surface area contributed by atoms with E-state index in [1.807, 2.05) is 59.5 Å². The van der Waals surface area contributed by atoms with Crippen LogP contribution in [0.4, 0.5) is 0 Å². The van der Waals surface area contributed by atoms with Gasteiger partial charge >= 0.3 is 0 Å². The van der Waals surface area contributed by atoms with Gasteiger partial charge in [0.2, 0.25) is 11.8 Å². The molecular weight excluding hydrogens is 390 g/mol. The maximum atomic E-state index is 13.6. The maximum Gasteiger partial charge on any atom is 0.250 e. The quantitative estimate of drug-likeness (QED) is 0.635. The smallest absolute Gasteiger partial charge is 0.250 e. The van der Waals surface area contributed by atoms with Gasteiger partial charge in [0.1, 0.15) is 11.6 Å². The van der Waals surface area contributed by atoms with E-state index in [-0.39, 0.29) is 17.7 Å². The second-order valence-corrected chi connectivity index (χ2v) is 8.48. The molecule has 0 N–H and O–H groups in total. The molecule has 0 spiro atoms. The molecule has 3 heterocycles. The van der Waals surface area contributed by atoms with E-state index in [0.717, 1.165) is 48.2 Å². The molecule has 0 saturated carbocycles. The lowest BCUT2D eigenvalue weighted by Crippen LogP contribution is -2.49. The van der Waals surface area contributed by atoms with Gasteiger partial charge in [-0.15, -0.1) is 0 Å². The van der Waals surface area contributed by atoms with Crippen LogP contribution in [0.5, 0.6) is 0 Å². The molecule has 0 bridgehead atoms. The predicted octanol–water partition coefficient (Wildman–Crippen LogP) is 4.29. The van der Waals surface area contributed by atoms with Crippen molar-refractivity contribution in [2.75, 3.05) is 19.6 Å². The van der Waals surface area contributed by atoms with E-state index in [0.29, 0.717) is 26.1 Å². The molecule has 2 aliphatic heterocycles. The Morgan fingerprint density at radius 1 is 0.968 bits per heavy atom. The number of aromatic nitrogens is 1.